The van der Waals surface area contributed by atoms with Crippen molar-refractivity contribution >= 4 is 23.2 Å². The Labute approximate surface area is 172 Å². The number of unbranched alkanes of at least 4 members (excludes halogenated alkanes) is 4. The van der Waals surface area contributed by atoms with E-state index in [2.05, 4.69) is 17.5 Å². The summed E-state index contributed by atoms with van der Waals surface area (Å²) < 4.78 is 5.78. The molecule has 1 amide bonds. The van der Waals surface area contributed by atoms with Crippen molar-refractivity contribution in [2.45, 2.75) is 59.0 Å². The smallest absolute Gasteiger partial charge is 0.240 e. The highest BCUT2D eigenvalue weighted by molar-refractivity contribution is 6.30. The lowest BCUT2D eigenvalue weighted by Crippen LogP contribution is -2.18. The van der Waals surface area contributed by atoms with Crippen LogP contribution in [0, 0.1) is 0 Å². The number of carbonyl (C=O) groups excluding carboxylic acids is 1. The fourth-order valence-corrected chi connectivity index (χ4v) is 2.82. The van der Waals surface area contributed by atoms with Gasteiger partial charge in [-0.1, -0.05) is 56.3 Å². The van der Waals surface area contributed by atoms with Gasteiger partial charge in [0.15, 0.2) is 0 Å². The number of carbonyl (C=O) groups is 1. The molecule has 0 aliphatic carbocycles. The zero-order valence-corrected chi connectivity index (χ0v) is 17.5. The highest BCUT2D eigenvalue weighted by Gasteiger charge is 2.03. The van der Waals surface area contributed by atoms with Crippen LogP contribution in [0.4, 0.5) is 0 Å². The van der Waals surface area contributed by atoms with E-state index in [-0.39, 0.29) is 5.91 Å². The van der Waals surface area contributed by atoms with E-state index < -0.39 is 0 Å². The Bertz CT molecular complexity index is 755. The second-order valence-electron chi connectivity index (χ2n) is 6.84. The summed E-state index contributed by atoms with van der Waals surface area (Å²) in [6, 6.07) is 15.3. The standard InChI is InChI=1S/C23H29ClN2O2/c1-3-4-5-6-7-8-23(27)26-25-18(2)20-11-15-22(16-12-20)28-17-19-9-13-21(24)14-10-19/h9-16H,3-8,17H2,1-2H3,(H,26,27)/b25-18-. The Hall–Kier alpha value is -2.33. The van der Waals surface area contributed by atoms with Gasteiger partial charge >= 0.3 is 0 Å². The normalized spacial score (nSPS) is 11.3. The first kappa shape index (κ1) is 22.0. The van der Waals surface area contributed by atoms with Crippen LogP contribution in [-0.4, -0.2) is 11.6 Å². The monoisotopic (exact) mass is 400 g/mol. The number of benzene rings is 2. The van der Waals surface area contributed by atoms with Crippen LogP contribution in [0.15, 0.2) is 53.6 Å². The third-order valence-electron chi connectivity index (χ3n) is 4.45. The van der Waals surface area contributed by atoms with Crippen LogP contribution in [0.1, 0.15) is 63.5 Å². The van der Waals surface area contributed by atoms with Crippen molar-refractivity contribution in [3.63, 3.8) is 0 Å². The maximum Gasteiger partial charge on any atom is 0.240 e. The third kappa shape index (κ3) is 8.13. The van der Waals surface area contributed by atoms with Crippen molar-refractivity contribution in [1.82, 2.24) is 5.43 Å². The highest BCUT2D eigenvalue weighted by atomic mass is 35.5. The summed E-state index contributed by atoms with van der Waals surface area (Å²) in [7, 11) is 0. The summed E-state index contributed by atoms with van der Waals surface area (Å²) in [5, 5.41) is 4.92. The molecule has 0 saturated heterocycles. The number of hydrogen-bond acceptors (Lipinski definition) is 3. The highest BCUT2D eigenvalue weighted by Crippen LogP contribution is 2.16. The molecule has 5 heteroatoms. The van der Waals surface area contributed by atoms with Crippen LogP contribution in [0.5, 0.6) is 5.75 Å². The fraction of sp³-hybridized carbons (Fsp3) is 0.391. The topological polar surface area (TPSA) is 50.7 Å². The van der Waals surface area contributed by atoms with Gasteiger partial charge < -0.3 is 4.74 Å². The molecule has 0 bridgehead atoms. The van der Waals surface area contributed by atoms with E-state index in [9.17, 15) is 4.79 Å². The van der Waals surface area contributed by atoms with Gasteiger partial charge in [0.2, 0.25) is 5.91 Å². The summed E-state index contributed by atoms with van der Waals surface area (Å²) in [4.78, 5) is 11.9. The van der Waals surface area contributed by atoms with Crippen molar-refractivity contribution in [2.24, 2.45) is 5.10 Å². The van der Waals surface area contributed by atoms with Gasteiger partial charge in [0, 0.05) is 11.4 Å². The Kier molecular flexibility index (Phi) is 9.56. The first-order valence-electron chi connectivity index (χ1n) is 9.89. The van der Waals surface area contributed by atoms with Crippen molar-refractivity contribution in [3.8, 4) is 5.75 Å². The molecule has 28 heavy (non-hydrogen) atoms. The van der Waals surface area contributed by atoms with Crippen LogP contribution in [-0.2, 0) is 11.4 Å². The van der Waals surface area contributed by atoms with Crippen molar-refractivity contribution in [1.29, 1.82) is 0 Å². The van der Waals surface area contributed by atoms with Gasteiger partial charge in [0.25, 0.3) is 0 Å². The molecule has 150 valence electrons. The number of nitrogens with zero attached hydrogens (tertiary/aromatic N) is 1. The first-order valence-corrected chi connectivity index (χ1v) is 10.3. The van der Waals surface area contributed by atoms with Gasteiger partial charge in [-0.15, -0.1) is 0 Å². The average molecular weight is 401 g/mol. The molecule has 0 unspecified atom stereocenters. The second kappa shape index (κ2) is 12.2. The summed E-state index contributed by atoms with van der Waals surface area (Å²) in [5.74, 6) is 0.751. The molecule has 0 fully saturated rings. The maximum atomic E-state index is 11.9. The van der Waals surface area contributed by atoms with Gasteiger partial charge in [0.1, 0.15) is 12.4 Å². The summed E-state index contributed by atoms with van der Waals surface area (Å²) in [5.41, 5.74) is 5.42. The molecular weight excluding hydrogens is 372 g/mol. The number of halogens is 1. The Morgan fingerprint density at radius 3 is 2.36 bits per heavy atom. The van der Waals surface area contributed by atoms with Gasteiger partial charge in [-0.3, -0.25) is 4.79 Å². The lowest BCUT2D eigenvalue weighted by molar-refractivity contribution is -0.121. The number of amides is 1. The van der Waals surface area contributed by atoms with E-state index in [4.69, 9.17) is 16.3 Å². The van der Waals surface area contributed by atoms with Gasteiger partial charge in [-0.05, 0) is 60.9 Å². The Morgan fingerprint density at radius 1 is 1.00 bits per heavy atom. The minimum atomic E-state index is -0.0289. The summed E-state index contributed by atoms with van der Waals surface area (Å²) in [6.07, 6.45) is 6.18. The molecule has 2 aromatic rings. The predicted octanol–water partition coefficient (Wildman–Crippen LogP) is 6.12. The quantitative estimate of drug-likeness (QED) is 0.280. The van der Waals surface area contributed by atoms with E-state index in [1.165, 1.54) is 19.3 Å². The molecule has 0 radical (unpaired) electrons. The van der Waals surface area contributed by atoms with E-state index in [0.717, 1.165) is 35.4 Å². The van der Waals surface area contributed by atoms with Crippen LogP contribution in [0.3, 0.4) is 0 Å². The number of rotatable bonds is 11. The molecule has 4 nitrogen and oxygen atoms in total. The molecule has 0 heterocycles. The van der Waals surface area contributed by atoms with Gasteiger partial charge in [-0.2, -0.15) is 5.10 Å². The minimum Gasteiger partial charge on any atom is -0.489 e. The van der Waals surface area contributed by atoms with Crippen LogP contribution in [0.25, 0.3) is 0 Å². The second-order valence-corrected chi connectivity index (χ2v) is 7.27. The molecule has 0 saturated carbocycles. The van der Waals surface area contributed by atoms with E-state index in [1.54, 1.807) is 0 Å². The van der Waals surface area contributed by atoms with Gasteiger partial charge in [0.05, 0.1) is 5.71 Å². The average Bonchev–Trinajstić information content (AvgIpc) is 2.72. The van der Waals surface area contributed by atoms with Gasteiger partial charge in [-0.25, -0.2) is 5.43 Å². The fourth-order valence-electron chi connectivity index (χ4n) is 2.70. The maximum absolute atomic E-state index is 11.9. The predicted molar refractivity (Wildman–Crippen MR) is 116 cm³/mol. The minimum absolute atomic E-state index is 0.0289. The lowest BCUT2D eigenvalue weighted by Gasteiger charge is -2.08. The Balaban J connectivity index is 1.77. The van der Waals surface area contributed by atoms with E-state index in [0.29, 0.717) is 18.1 Å². The van der Waals surface area contributed by atoms with E-state index >= 15 is 0 Å². The molecule has 0 atom stereocenters. The molecule has 0 aliphatic rings. The Morgan fingerprint density at radius 2 is 1.68 bits per heavy atom. The van der Waals surface area contributed by atoms with E-state index in [1.807, 2.05) is 55.5 Å². The van der Waals surface area contributed by atoms with Crippen molar-refractivity contribution < 1.29 is 9.53 Å². The molecule has 0 aromatic heterocycles. The molecular formula is C23H29ClN2O2. The summed E-state index contributed by atoms with van der Waals surface area (Å²) >= 11 is 5.89. The number of hydrazone groups is 1. The largest absolute Gasteiger partial charge is 0.489 e. The van der Waals surface area contributed by atoms with Crippen molar-refractivity contribution in [3.05, 3.63) is 64.7 Å². The molecule has 2 rings (SSSR count). The summed E-state index contributed by atoms with van der Waals surface area (Å²) in [6.45, 7) is 4.55. The zero-order chi connectivity index (χ0) is 20.2. The molecule has 0 spiro atoms. The molecule has 0 aliphatic heterocycles. The number of hydrogen-bond donors (Lipinski definition) is 1. The third-order valence-corrected chi connectivity index (χ3v) is 4.70. The lowest BCUT2D eigenvalue weighted by atomic mass is 10.1. The molecule has 2 aromatic carbocycles. The zero-order valence-electron chi connectivity index (χ0n) is 16.7. The SMILES string of the molecule is CCCCCCCC(=O)N/N=C(/C)c1ccc(OCc2ccc(Cl)cc2)cc1. The molecule has 1 N–H and O–H groups in total. The van der Waals surface area contributed by atoms with Crippen LogP contribution < -0.4 is 10.2 Å². The number of nitrogens with one attached hydrogen (secondary N) is 1. The first-order chi connectivity index (χ1) is 13.6. The number of ether oxygens (including phenoxy) is 1. The van der Waals surface area contributed by atoms with Crippen LogP contribution in [0.2, 0.25) is 5.02 Å². The van der Waals surface area contributed by atoms with Crippen LogP contribution >= 0.6 is 11.6 Å². The van der Waals surface area contributed by atoms with Crippen molar-refractivity contribution in [2.75, 3.05) is 0 Å².